The molecule has 238 valence electrons. The molecule has 0 aliphatic carbocycles. The Balaban J connectivity index is 0.981. The van der Waals surface area contributed by atoms with Crippen molar-refractivity contribution in [2.45, 2.75) is 81.0 Å². The molecule has 5 heterocycles. The molecular weight excluding hydrogens is 620 g/mol. The molecule has 0 saturated carbocycles. The summed E-state index contributed by atoms with van der Waals surface area (Å²) in [7, 11) is 0. The zero-order valence-electron chi connectivity index (χ0n) is 25.4. The van der Waals surface area contributed by atoms with Gasteiger partial charge in [-0.15, -0.1) is 11.8 Å². The number of piperidine rings is 2. The maximum Gasteiger partial charge on any atom is 0.258 e. The average molecular weight is 655 g/mol. The van der Waals surface area contributed by atoms with Crippen LogP contribution < -0.4 is 10.6 Å². The van der Waals surface area contributed by atoms with Crippen molar-refractivity contribution in [1.29, 1.82) is 0 Å². The summed E-state index contributed by atoms with van der Waals surface area (Å²) in [5.74, 6) is -0.149. The van der Waals surface area contributed by atoms with E-state index in [1.807, 2.05) is 6.07 Å². The molecule has 14 heteroatoms. The summed E-state index contributed by atoms with van der Waals surface area (Å²) < 4.78 is 21.9. The van der Waals surface area contributed by atoms with Crippen LogP contribution in [0.3, 0.4) is 0 Å². The van der Waals surface area contributed by atoms with Gasteiger partial charge in [-0.3, -0.25) is 29.4 Å². The van der Waals surface area contributed by atoms with E-state index in [4.69, 9.17) is 4.42 Å². The van der Waals surface area contributed by atoms with Gasteiger partial charge in [0.2, 0.25) is 23.6 Å². The van der Waals surface area contributed by atoms with Crippen molar-refractivity contribution in [1.82, 2.24) is 25.1 Å². The number of fused-ring (bicyclic) bond motifs is 1. The molecule has 4 amide bonds. The van der Waals surface area contributed by atoms with Crippen LogP contribution in [0.2, 0.25) is 0 Å². The van der Waals surface area contributed by atoms with E-state index >= 15 is 4.39 Å². The van der Waals surface area contributed by atoms with E-state index in [1.165, 1.54) is 22.3 Å². The SMILES string of the molecule is CC(C)(C)c1cnc(CSc2cnc(NC(=O)C3CCN(Cc4cc(F)c5c(c4)CN(C4CCC(=O)NC4=O)C5=O)CC3)s2)o1. The maximum absolute atomic E-state index is 15.1. The van der Waals surface area contributed by atoms with Crippen molar-refractivity contribution in [2.75, 3.05) is 18.4 Å². The second-order valence-electron chi connectivity index (χ2n) is 12.7. The molecule has 0 spiro atoms. The lowest BCUT2D eigenvalue weighted by Crippen LogP contribution is -2.52. The summed E-state index contributed by atoms with van der Waals surface area (Å²) in [6, 6.07) is 2.42. The highest BCUT2D eigenvalue weighted by atomic mass is 32.2. The van der Waals surface area contributed by atoms with Crippen molar-refractivity contribution in [2.24, 2.45) is 5.92 Å². The molecule has 0 radical (unpaired) electrons. The molecular formula is C31H35FN6O5S2. The number of carbonyl (C=O) groups excluding carboxylic acids is 4. The highest BCUT2D eigenvalue weighted by Gasteiger charge is 2.40. The van der Waals surface area contributed by atoms with Crippen LogP contribution in [0.4, 0.5) is 9.52 Å². The van der Waals surface area contributed by atoms with E-state index in [0.29, 0.717) is 54.8 Å². The normalized spacial score (nSPS) is 19.6. The van der Waals surface area contributed by atoms with Crippen LogP contribution in [-0.2, 0) is 38.6 Å². The maximum atomic E-state index is 15.1. The van der Waals surface area contributed by atoms with Gasteiger partial charge in [-0.2, -0.15) is 0 Å². The topological polar surface area (TPSA) is 138 Å². The number of nitrogens with zero attached hydrogens (tertiary/aromatic N) is 4. The Morgan fingerprint density at radius 2 is 1.93 bits per heavy atom. The molecule has 3 aromatic rings. The van der Waals surface area contributed by atoms with Gasteiger partial charge in [0.05, 0.1) is 27.9 Å². The highest BCUT2D eigenvalue weighted by Crippen LogP contribution is 2.33. The summed E-state index contributed by atoms with van der Waals surface area (Å²) in [6.45, 7) is 8.18. The van der Waals surface area contributed by atoms with Gasteiger partial charge >= 0.3 is 0 Å². The van der Waals surface area contributed by atoms with Crippen molar-refractivity contribution < 1.29 is 28.0 Å². The Morgan fingerprint density at radius 1 is 1.16 bits per heavy atom. The zero-order chi connectivity index (χ0) is 31.9. The Kier molecular flexibility index (Phi) is 8.81. The molecule has 2 aromatic heterocycles. The van der Waals surface area contributed by atoms with Crippen molar-refractivity contribution in [3.05, 3.63) is 58.7 Å². The molecule has 3 aliphatic rings. The molecule has 1 unspecified atom stereocenters. The summed E-state index contributed by atoms with van der Waals surface area (Å²) in [4.78, 5) is 62.0. The Morgan fingerprint density at radius 3 is 2.64 bits per heavy atom. The number of oxazole rings is 1. The molecule has 3 aliphatic heterocycles. The van der Waals surface area contributed by atoms with Crippen LogP contribution in [0.1, 0.15) is 79.6 Å². The number of carbonyl (C=O) groups is 4. The number of amides is 4. The third-order valence-electron chi connectivity index (χ3n) is 8.34. The Hall–Kier alpha value is -3.62. The van der Waals surface area contributed by atoms with Crippen molar-refractivity contribution >= 4 is 51.9 Å². The van der Waals surface area contributed by atoms with Gasteiger partial charge in [-0.1, -0.05) is 38.2 Å². The number of anilines is 1. The van der Waals surface area contributed by atoms with E-state index in [9.17, 15) is 19.2 Å². The number of rotatable bonds is 8. The molecule has 2 N–H and O–H groups in total. The summed E-state index contributed by atoms with van der Waals surface area (Å²) in [5.41, 5.74) is 1.18. The van der Waals surface area contributed by atoms with E-state index in [2.05, 4.69) is 46.3 Å². The summed E-state index contributed by atoms with van der Waals surface area (Å²) in [5, 5.41) is 5.78. The molecule has 1 atom stereocenters. The Bertz CT molecular complexity index is 1640. The van der Waals surface area contributed by atoms with Crippen LogP contribution in [0.15, 0.2) is 33.2 Å². The number of thioether (sulfide) groups is 1. The fraction of sp³-hybridized carbons (Fsp3) is 0.484. The number of likely N-dealkylation sites (tertiary alicyclic amines) is 1. The summed E-state index contributed by atoms with van der Waals surface area (Å²) in [6.07, 6.45) is 5.21. The number of thiazole rings is 1. The first kappa shape index (κ1) is 31.4. The van der Waals surface area contributed by atoms with Gasteiger partial charge in [0.1, 0.15) is 17.6 Å². The number of hydrogen-bond acceptors (Lipinski definition) is 10. The van der Waals surface area contributed by atoms with Crippen molar-refractivity contribution in [3.8, 4) is 0 Å². The number of hydrogen-bond donors (Lipinski definition) is 2. The predicted molar refractivity (Wildman–Crippen MR) is 166 cm³/mol. The van der Waals surface area contributed by atoms with Gasteiger partial charge in [0, 0.05) is 30.8 Å². The largest absolute Gasteiger partial charge is 0.444 e. The van der Waals surface area contributed by atoms with Crippen LogP contribution in [0.5, 0.6) is 0 Å². The third kappa shape index (κ3) is 6.97. The molecule has 11 nitrogen and oxygen atoms in total. The fourth-order valence-corrected chi connectivity index (χ4v) is 7.60. The average Bonchev–Trinajstić information content (AvgIpc) is 3.72. The first-order valence-corrected chi connectivity index (χ1v) is 16.8. The molecule has 0 bridgehead atoms. The standard InChI is InChI=1S/C31H35FN6O5S2/c1-31(2,3)22-12-33-24(43-22)16-44-25-13-34-30(45-25)36-27(40)18-6-8-37(9-7-18)14-17-10-19-15-38(29(42)26(19)20(32)11-17)21-4-5-23(39)35-28(21)41/h10-13,18,21H,4-9,14-16H2,1-3H3,(H,34,36,40)(H,35,39,41). The predicted octanol–water partition coefficient (Wildman–Crippen LogP) is 4.47. The number of aromatic nitrogens is 2. The molecule has 45 heavy (non-hydrogen) atoms. The smallest absolute Gasteiger partial charge is 0.258 e. The molecule has 2 fully saturated rings. The van der Waals surface area contributed by atoms with Gasteiger partial charge in [0.25, 0.3) is 5.91 Å². The van der Waals surface area contributed by atoms with E-state index in [0.717, 1.165) is 15.5 Å². The second-order valence-corrected chi connectivity index (χ2v) is 15.0. The summed E-state index contributed by atoms with van der Waals surface area (Å²) >= 11 is 2.98. The highest BCUT2D eigenvalue weighted by molar-refractivity contribution is 8.00. The van der Waals surface area contributed by atoms with Gasteiger partial charge < -0.3 is 14.6 Å². The number of halogens is 1. The van der Waals surface area contributed by atoms with Crippen LogP contribution in [0.25, 0.3) is 0 Å². The Labute approximate surface area is 268 Å². The van der Waals surface area contributed by atoms with Crippen LogP contribution in [0, 0.1) is 11.7 Å². The lowest BCUT2D eigenvalue weighted by atomic mass is 9.94. The number of imide groups is 1. The lowest BCUT2D eigenvalue weighted by Gasteiger charge is -2.31. The third-order valence-corrected chi connectivity index (χ3v) is 10.4. The van der Waals surface area contributed by atoms with Crippen molar-refractivity contribution in [3.63, 3.8) is 0 Å². The first-order valence-electron chi connectivity index (χ1n) is 15.0. The van der Waals surface area contributed by atoms with E-state index < -0.39 is 23.7 Å². The monoisotopic (exact) mass is 654 g/mol. The molecule has 2 saturated heterocycles. The van der Waals surface area contributed by atoms with E-state index in [1.54, 1.807) is 24.2 Å². The minimum Gasteiger partial charge on any atom is -0.444 e. The number of nitrogens with one attached hydrogen (secondary N) is 2. The minimum atomic E-state index is -0.786. The van der Waals surface area contributed by atoms with Gasteiger partial charge in [-0.25, -0.2) is 14.4 Å². The lowest BCUT2D eigenvalue weighted by molar-refractivity contribution is -0.137. The number of benzene rings is 1. The molecule has 1 aromatic carbocycles. The van der Waals surface area contributed by atoms with Crippen LogP contribution >= 0.6 is 23.1 Å². The minimum absolute atomic E-state index is 0.00474. The zero-order valence-corrected chi connectivity index (χ0v) is 27.0. The molecule has 6 rings (SSSR count). The van der Waals surface area contributed by atoms with E-state index in [-0.39, 0.29) is 48.1 Å². The fourth-order valence-electron chi connectivity index (χ4n) is 5.87. The van der Waals surface area contributed by atoms with Gasteiger partial charge in [0.15, 0.2) is 5.13 Å². The van der Waals surface area contributed by atoms with Gasteiger partial charge in [-0.05, 0) is 49.5 Å². The second kappa shape index (κ2) is 12.6. The van der Waals surface area contributed by atoms with Crippen LogP contribution in [-0.4, -0.2) is 62.5 Å². The quantitative estimate of drug-likeness (QED) is 0.266. The first-order chi connectivity index (χ1) is 21.4.